The van der Waals surface area contributed by atoms with Gasteiger partial charge in [-0.1, -0.05) is 108 Å². The second-order valence-electron chi connectivity index (χ2n) is 15.3. The van der Waals surface area contributed by atoms with Gasteiger partial charge in [-0.2, -0.15) is 13.2 Å². The number of aliphatic hydroxyl groups is 1. The van der Waals surface area contributed by atoms with E-state index in [-0.39, 0.29) is 43.6 Å². The Morgan fingerprint density at radius 3 is 2.31 bits per heavy atom. The van der Waals surface area contributed by atoms with Gasteiger partial charge in [-0.3, -0.25) is 9.78 Å². The van der Waals surface area contributed by atoms with Gasteiger partial charge in [-0.05, 0) is 66.5 Å². The summed E-state index contributed by atoms with van der Waals surface area (Å²) in [7, 11) is 0. The van der Waals surface area contributed by atoms with Crippen LogP contribution in [-0.2, 0) is 37.7 Å². The molecule has 2 heterocycles. The summed E-state index contributed by atoms with van der Waals surface area (Å²) in [4.78, 5) is 16.5. The number of fused-ring (bicyclic) bond motifs is 3. The molecule has 1 unspecified atom stereocenters. The standard InChI is InChI=1S/C30H30NO.C13H21F3O2.Ir/c1-30(2,3)18-25-23-11-7-6-10-21(23)17-24-28-27-22(12-13-31-28)15-20(14-19-8-4-5-9-19)16-26(27)32-29(24)25;1-4-9(5-2)11(17)7-12(18)10(6-3)8-13(14,15)16;/h6-7,10-13,15-16,19H,4-5,8-9,14,18H2,1-3H3;7,9-10,17H,4-6,8H2,1-3H3;/q-1;;/b;11-7-;. The van der Waals surface area contributed by atoms with Crippen molar-refractivity contribution in [3.8, 4) is 22.8 Å². The van der Waals surface area contributed by atoms with Gasteiger partial charge in [0.25, 0.3) is 0 Å². The minimum atomic E-state index is -4.35. The summed E-state index contributed by atoms with van der Waals surface area (Å²) in [6, 6.07) is 19.0. The topological polar surface area (TPSA) is 59.4 Å². The molecule has 2 aliphatic rings. The minimum absolute atomic E-state index is 0. The van der Waals surface area contributed by atoms with E-state index in [0.29, 0.717) is 12.8 Å². The van der Waals surface area contributed by atoms with Crippen LogP contribution in [0.15, 0.2) is 60.5 Å². The van der Waals surface area contributed by atoms with Crippen LogP contribution in [0.25, 0.3) is 32.8 Å². The van der Waals surface area contributed by atoms with E-state index < -0.39 is 24.3 Å². The summed E-state index contributed by atoms with van der Waals surface area (Å²) in [5.74, 6) is 0.725. The molecule has 0 saturated heterocycles. The number of aliphatic hydroxyl groups excluding tert-OH is 1. The van der Waals surface area contributed by atoms with Gasteiger partial charge in [0, 0.05) is 55.3 Å². The number of alkyl halides is 3. The van der Waals surface area contributed by atoms with E-state index in [2.05, 4.69) is 69.3 Å². The Morgan fingerprint density at radius 2 is 1.69 bits per heavy atom. The second-order valence-corrected chi connectivity index (χ2v) is 15.3. The van der Waals surface area contributed by atoms with E-state index in [1.54, 1.807) is 0 Å². The first kappa shape index (κ1) is 40.5. The van der Waals surface area contributed by atoms with Crippen molar-refractivity contribution in [2.75, 3.05) is 0 Å². The normalized spacial score (nSPS) is 15.2. The predicted molar refractivity (Wildman–Crippen MR) is 197 cm³/mol. The molecule has 1 saturated carbocycles. The predicted octanol–water partition coefficient (Wildman–Crippen LogP) is 12.7. The summed E-state index contributed by atoms with van der Waals surface area (Å²) in [5, 5.41) is 14.4. The third kappa shape index (κ3) is 10.0. The Balaban J connectivity index is 0.000000266. The molecule has 0 bridgehead atoms. The number of ether oxygens (including phenoxy) is 1. The van der Waals surface area contributed by atoms with Crippen LogP contribution in [-0.4, -0.2) is 22.1 Å². The van der Waals surface area contributed by atoms with Gasteiger partial charge in [0.15, 0.2) is 5.78 Å². The Hall–Kier alpha value is -3.22. The molecule has 1 aliphatic heterocycles. The molecule has 1 atom stereocenters. The van der Waals surface area contributed by atoms with Crippen LogP contribution in [0.3, 0.4) is 0 Å². The molecule has 1 radical (unpaired) electrons. The smallest absolute Gasteiger partial charge is 0.389 e. The van der Waals surface area contributed by atoms with Crippen LogP contribution < -0.4 is 4.74 Å². The van der Waals surface area contributed by atoms with Crippen LogP contribution in [0.5, 0.6) is 11.5 Å². The number of rotatable bonds is 10. The van der Waals surface area contributed by atoms with Gasteiger partial charge in [-0.25, -0.2) is 0 Å². The molecular weight excluding hydrogens is 828 g/mol. The number of allylic oxidation sites excluding steroid dienone is 2. The van der Waals surface area contributed by atoms with Crippen molar-refractivity contribution in [2.45, 2.75) is 112 Å². The Bertz CT molecular complexity index is 1850. The molecule has 4 nitrogen and oxygen atoms in total. The number of aromatic nitrogens is 1. The number of carbonyl (C=O) groups excluding carboxylic acids is 1. The average molecular weight is 879 g/mol. The van der Waals surface area contributed by atoms with Gasteiger partial charge >= 0.3 is 6.18 Å². The molecule has 3 aromatic carbocycles. The number of hydrogen-bond acceptors (Lipinski definition) is 4. The van der Waals surface area contributed by atoms with Gasteiger partial charge in [0.1, 0.15) is 5.75 Å². The molecule has 6 rings (SSSR count). The van der Waals surface area contributed by atoms with E-state index in [9.17, 15) is 23.1 Å². The zero-order valence-electron chi connectivity index (χ0n) is 30.7. The molecule has 51 heavy (non-hydrogen) atoms. The fourth-order valence-corrected chi connectivity index (χ4v) is 7.50. The number of ketones is 1. The molecule has 1 fully saturated rings. The average Bonchev–Trinajstić information content (AvgIpc) is 3.57. The van der Waals surface area contributed by atoms with Crippen LogP contribution in [0, 0.1) is 29.2 Å². The zero-order valence-corrected chi connectivity index (χ0v) is 33.1. The third-order valence-electron chi connectivity index (χ3n) is 10.1. The van der Waals surface area contributed by atoms with Gasteiger partial charge in [0.2, 0.25) is 0 Å². The molecule has 8 heteroatoms. The fraction of sp³-hybridized carbons (Fsp3) is 0.488. The van der Waals surface area contributed by atoms with Crippen molar-refractivity contribution in [3.63, 3.8) is 0 Å². The Kier molecular flexibility index (Phi) is 13.6. The van der Waals surface area contributed by atoms with Gasteiger partial charge < -0.3 is 9.84 Å². The molecule has 1 aromatic heterocycles. The van der Waals surface area contributed by atoms with Crippen molar-refractivity contribution < 1.29 is 47.9 Å². The summed E-state index contributed by atoms with van der Waals surface area (Å²) in [5.41, 5.74) is 4.82. The van der Waals surface area contributed by atoms with Crippen molar-refractivity contribution in [1.82, 2.24) is 4.98 Å². The number of benzene rings is 3. The largest absolute Gasteiger partial charge is 0.512 e. The molecule has 1 N–H and O–H groups in total. The SMILES string of the molecule is CC(C)(C)Cc1c2c([c-]c3ccccc13)-c1nccc3cc(CC4CCCC4)cc(c13)O2.CCC(CC(F)(F)F)C(=O)/C=C(\O)C(CC)CC.[Ir]. The van der Waals surface area contributed by atoms with Crippen LogP contribution >= 0.6 is 0 Å². The van der Waals surface area contributed by atoms with Crippen LogP contribution in [0.4, 0.5) is 13.2 Å². The Morgan fingerprint density at radius 1 is 1.02 bits per heavy atom. The Labute approximate surface area is 314 Å². The molecule has 1 aliphatic carbocycles. The van der Waals surface area contributed by atoms with Crippen molar-refractivity contribution >= 4 is 27.3 Å². The van der Waals surface area contributed by atoms with Crippen LogP contribution in [0.2, 0.25) is 0 Å². The van der Waals surface area contributed by atoms with E-state index in [1.807, 2.05) is 20.0 Å². The first-order chi connectivity index (χ1) is 23.7. The van der Waals surface area contributed by atoms with E-state index in [4.69, 9.17) is 9.72 Å². The number of nitrogens with zero attached hydrogens (tertiary/aromatic N) is 1. The van der Waals surface area contributed by atoms with Crippen molar-refractivity contribution in [2.24, 2.45) is 23.2 Å². The summed E-state index contributed by atoms with van der Waals surface area (Å²) in [6.07, 6.45) is 6.42. The minimum Gasteiger partial charge on any atom is -0.512 e. The maximum atomic E-state index is 12.2. The molecular formula is C43H51F3IrNO3-. The quantitative estimate of drug-likeness (QED) is 0.0862. The van der Waals surface area contributed by atoms with Crippen molar-refractivity contribution in [1.29, 1.82) is 0 Å². The number of carbonyl (C=O) groups is 1. The summed E-state index contributed by atoms with van der Waals surface area (Å²) >= 11 is 0. The summed E-state index contributed by atoms with van der Waals surface area (Å²) < 4.78 is 43.5. The van der Waals surface area contributed by atoms with Crippen LogP contribution in [0.1, 0.15) is 104 Å². The molecule has 4 aromatic rings. The van der Waals surface area contributed by atoms with Crippen molar-refractivity contribution in [3.05, 3.63) is 77.7 Å². The third-order valence-corrected chi connectivity index (χ3v) is 10.1. The fourth-order valence-electron chi connectivity index (χ4n) is 7.50. The molecule has 0 amide bonds. The number of hydrogen-bond donors (Lipinski definition) is 1. The zero-order chi connectivity index (χ0) is 36.2. The molecule has 277 valence electrons. The second kappa shape index (κ2) is 17.1. The van der Waals surface area contributed by atoms with E-state index >= 15 is 0 Å². The maximum Gasteiger partial charge on any atom is 0.389 e. The van der Waals surface area contributed by atoms with E-state index in [1.165, 1.54) is 54.5 Å². The summed E-state index contributed by atoms with van der Waals surface area (Å²) in [6.45, 7) is 12.1. The van der Waals surface area contributed by atoms with Gasteiger partial charge in [-0.15, -0.1) is 17.5 Å². The maximum absolute atomic E-state index is 12.2. The first-order valence-corrected chi connectivity index (χ1v) is 18.3. The first-order valence-electron chi connectivity index (χ1n) is 18.3. The van der Waals surface area contributed by atoms with E-state index in [0.717, 1.165) is 58.4 Å². The number of pyridine rings is 1. The monoisotopic (exact) mass is 879 g/mol. The van der Waals surface area contributed by atoms with Gasteiger partial charge in [0.05, 0.1) is 17.9 Å². The number of halogens is 3. The molecule has 0 spiro atoms.